The molecule has 6 heteroatoms. The van der Waals surface area contributed by atoms with E-state index in [9.17, 15) is 0 Å². The molecule has 0 amide bonds. The first-order valence-corrected chi connectivity index (χ1v) is 9.91. The second-order valence-corrected chi connectivity index (χ2v) is 7.62. The highest BCUT2D eigenvalue weighted by Gasteiger charge is 2.57. The molecule has 1 aliphatic heterocycles. The summed E-state index contributed by atoms with van der Waals surface area (Å²) >= 11 is 0. The molecule has 0 bridgehead atoms. The van der Waals surface area contributed by atoms with E-state index in [1.165, 1.54) is 32.1 Å². The van der Waals surface area contributed by atoms with Crippen LogP contribution in [0.15, 0.2) is 4.99 Å². The quantitative estimate of drug-likeness (QED) is 0.372. The van der Waals surface area contributed by atoms with Gasteiger partial charge in [0.25, 0.3) is 0 Å². The minimum Gasteiger partial charge on any atom is -0.381 e. The van der Waals surface area contributed by atoms with E-state index in [0.29, 0.717) is 23.5 Å². The number of hydrogen-bond acceptors (Lipinski definition) is 3. The monoisotopic (exact) mass is 465 g/mol. The van der Waals surface area contributed by atoms with E-state index in [0.717, 1.165) is 45.3 Å². The minimum absolute atomic E-state index is 0. The maximum atomic E-state index is 6.04. The van der Waals surface area contributed by atoms with Gasteiger partial charge in [0, 0.05) is 50.7 Å². The van der Waals surface area contributed by atoms with E-state index in [2.05, 4.69) is 29.1 Å². The predicted molar refractivity (Wildman–Crippen MR) is 113 cm³/mol. The average Bonchev–Trinajstić information content (AvgIpc) is 3.26. The van der Waals surface area contributed by atoms with E-state index < -0.39 is 0 Å². The smallest absolute Gasteiger partial charge is 0.193 e. The summed E-state index contributed by atoms with van der Waals surface area (Å²) in [6.07, 6.45) is 8.09. The predicted octanol–water partition coefficient (Wildman–Crippen LogP) is 3.28. The van der Waals surface area contributed by atoms with Crippen molar-refractivity contribution in [3.63, 3.8) is 0 Å². The molecule has 5 nitrogen and oxygen atoms in total. The Hall–Kier alpha value is -0.0800. The van der Waals surface area contributed by atoms with Crippen LogP contribution < -0.4 is 5.32 Å². The van der Waals surface area contributed by atoms with Crippen LogP contribution in [0, 0.1) is 11.3 Å². The average molecular weight is 465 g/mol. The molecule has 0 radical (unpaired) electrons. The third-order valence-electron chi connectivity index (χ3n) is 6.35. The molecule has 146 valence electrons. The molecule has 2 saturated carbocycles. The molecule has 3 rings (SSSR count). The van der Waals surface area contributed by atoms with Crippen molar-refractivity contribution in [3.05, 3.63) is 0 Å². The van der Waals surface area contributed by atoms with E-state index in [1.54, 1.807) is 0 Å². The highest BCUT2D eigenvalue weighted by Crippen LogP contribution is 2.54. The van der Waals surface area contributed by atoms with Crippen LogP contribution in [0.2, 0.25) is 0 Å². The van der Waals surface area contributed by atoms with Crippen molar-refractivity contribution in [3.8, 4) is 0 Å². The summed E-state index contributed by atoms with van der Waals surface area (Å²) in [6.45, 7) is 8.86. The van der Waals surface area contributed by atoms with Crippen LogP contribution in [0.5, 0.6) is 0 Å². The highest BCUT2D eigenvalue weighted by atomic mass is 127. The largest absolute Gasteiger partial charge is 0.381 e. The molecule has 1 N–H and O–H groups in total. The zero-order valence-electron chi connectivity index (χ0n) is 16.1. The van der Waals surface area contributed by atoms with Crippen LogP contribution in [0.3, 0.4) is 0 Å². The van der Waals surface area contributed by atoms with Gasteiger partial charge in [-0.25, -0.2) is 0 Å². The normalized spacial score (nSPS) is 31.1. The zero-order chi connectivity index (χ0) is 17.0. The number of nitrogens with zero attached hydrogens (tertiary/aromatic N) is 2. The summed E-state index contributed by atoms with van der Waals surface area (Å²) in [5.74, 6) is 1.72. The zero-order valence-corrected chi connectivity index (χ0v) is 18.5. The fourth-order valence-corrected chi connectivity index (χ4v) is 4.99. The minimum atomic E-state index is 0. The fraction of sp³-hybridized carbons (Fsp3) is 0.947. The third kappa shape index (κ3) is 4.43. The Morgan fingerprint density at radius 1 is 1.24 bits per heavy atom. The van der Waals surface area contributed by atoms with Gasteiger partial charge in [-0.15, -0.1) is 24.0 Å². The maximum absolute atomic E-state index is 6.04. The van der Waals surface area contributed by atoms with Gasteiger partial charge >= 0.3 is 0 Å². The van der Waals surface area contributed by atoms with Gasteiger partial charge in [0.05, 0.1) is 12.7 Å². The SMILES string of the molecule is CCOCC1CCN(C(=NC)NC2CC(OCC)C23CCCC3)C1.I. The van der Waals surface area contributed by atoms with Gasteiger partial charge in [-0.2, -0.15) is 0 Å². The standard InChI is InChI=1S/C19H35N3O2.HI/c1-4-23-14-15-8-11-22(13-15)18(20-3)21-16-12-17(24-5-2)19(16)9-6-7-10-19;/h15-17H,4-14H2,1-3H3,(H,20,21);1H. The molecule has 3 atom stereocenters. The lowest BCUT2D eigenvalue weighted by Crippen LogP contribution is -2.65. The lowest BCUT2D eigenvalue weighted by Gasteiger charge is -2.54. The molecule has 0 aromatic heterocycles. The number of nitrogens with one attached hydrogen (secondary N) is 1. The van der Waals surface area contributed by atoms with E-state index in [4.69, 9.17) is 9.47 Å². The molecular formula is C19H36IN3O2. The molecule has 25 heavy (non-hydrogen) atoms. The van der Waals surface area contributed by atoms with Crippen LogP contribution in [0.25, 0.3) is 0 Å². The van der Waals surface area contributed by atoms with E-state index in [-0.39, 0.29) is 24.0 Å². The summed E-state index contributed by atoms with van der Waals surface area (Å²) < 4.78 is 11.6. The van der Waals surface area contributed by atoms with Crippen molar-refractivity contribution in [2.24, 2.45) is 16.3 Å². The number of rotatable bonds is 6. The topological polar surface area (TPSA) is 46.1 Å². The van der Waals surface area contributed by atoms with Gasteiger partial charge in [-0.1, -0.05) is 12.8 Å². The summed E-state index contributed by atoms with van der Waals surface area (Å²) in [5.41, 5.74) is 0.358. The second kappa shape index (κ2) is 9.74. The third-order valence-corrected chi connectivity index (χ3v) is 6.35. The number of likely N-dealkylation sites (tertiary alicyclic amines) is 1. The fourth-order valence-electron chi connectivity index (χ4n) is 4.99. The van der Waals surface area contributed by atoms with Crippen LogP contribution in [0.4, 0.5) is 0 Å². The van der Waals surface area contributed by atoms with Gasteiger partial charge in [0.2, 0.25) is 0 Å². The first-order valence-electron chi connectivity index (χ1n) is 9.91. The molecule has 1 saturated heterocycles. The summed E-state index contributed by atoms with van der Waals surface area (Å²) in [6, 6.07) is 0.529. The van der Waals surface area contributed by atoms with Crippen LogP contribution in [0.1, 0.15) is 52.4 Å². The van der Waals surface area contributed by atoms with Crippen molar-refractivity contribution in [2.45, 2.75) is 64.5 Å². The molecule has 3 fully saturated rings. The highest BCUT2D eigenvalue weighted by molar-refractivity contribution is 14.0. The number of aliphatic imine (C=N–C) groups is 1. The molecule has 3 unspecified atom stereocenters. The van der Waals surface area contributed by atoms with Gasteiger partial charge in [-0.3, -0.25) is 4.99 Å². The molecule has 1 heterocycles. The number of hydrogen-bond donors (Lipinski definition) is 1. The van der Waals surface area contributed by atoms with Gasteiger partial charge in [0.15, 0.2) is 5.96 Å². The Morgan fingerprint density at radius 2 is 2.00 bits per heavy atom. The van der Waals surface area contributed by atoms with Crippen LogP contribution in [-0.2, 0) is 9.47 Å². The van der Waals surface area contributed by atoms with Gasteiger partial charge < -0.3 is 19.7 Å². The Balaban J connectivity index is 0.00000225. The van der Waals surface area contributed by atoms with Crippen molar-refractivity contribution < 1.29 is 9.47 Å². The lowest BCUT2D eigenvalue weighted by molar-refractivity contribution is -0.126. The number of ether oxygens (including phenoxy) is 2. The molecule has 0 aromatic rings. The van der Waals surface area contributed by atoms with Crippen molar-refractivity contribution in [1.29, 1.82) is 0 Å². The molecule has 2 aliphatic carbocycles. The Labute approximate surface area is 170 Å². The van der Waals surface area contributed by atoms with Crippen molar-refractivity contribution >= 4 is 29.9 Å². The second-order valence-electron chi connectivity index (χ2n) is 7.62. The maximum Gasteiger partial charge on any atom is 0.193 e. The molecular weight excluding hydrogens is 429 g/mol. The Bertz CT molecular complexity index is 440. The summed E-state index contributed by atoms with van der Waals surface area (Å²) in [4.78, 5) is 7.00. The Kier molecular flexibility index (Phi) is 8.27. The lowest BCUT2D eigenvalue weighted by atomic mass is 9.60. The first-order chi connectivity index (χ1) is 11.7. The molecule has 1 spiro atoms. The first kappa shape index (κ1) is 21.2. The van der Waals surface area contributed by atoms with Crippen LogP contribution >= 0.6 is 24.0 Å². The van der Waals surface area contributed by atoms with E-state index >= 15 is 0 Å². The van der Waals surface area contributed by atoms with Gasteiger partial charge in [-0.05, 0) is 39.5 Å². The number of halogens is 1. The number of guanidine groups is 1. The summed E-state index contributed by atoms with van der Waals surface area (Å²) in [7, 11) is 1.91. The van der Waals surface area contributed by atoms with Gasteiger partial charge in [0.1, 0.15) is 0 Å². The van der Waals surface area contributed by atoms with E-state index in [1.807, 2.05) is 7.05 Å². The van der Waals surface area contributed by atoms with Crippen LogP contribution in [-0.4, -0.2) is 63.0 Å². The molecule has 0 aromatic carbocycles. The molecule has 3 aliphatic rings. The van der Waals surface area contributed by atoms with Crippen molar-refractivity contribution in [2.75, 3.05) is 40.0 Å². The summed E-state index contributed by atoms with van der Waals surface area (Å²) in [5, 5.41) is 3.80. The Morgan fingerprint density at radius 3 is 2.64 bits per heavy atom. The van der Waals surface area contributed by atoms with Crippen molar-refractivity contribution in [1.82, 2.24) is 10.2 Å².